The summed E-state index contributed by atoms with van der Waals surface area (Å²) in [6, 6.07) is 0. The first-order valence-corrected chi connectivity index (χ1v) is 8.09. The van der Waals surface area contributed by atoms with E-state index in [0.717, 1.165) is 5.06 Å². The standard InChI is InChI=1S/C6H9NO3.C4H5NO3.C2H7NO.C2H6O.CH4.H4N2/c1-2-10-7-5(8)3-4-6(7)9;6-3-1-2-4(7)5(3)8;1-2-4-3;1-2-3;;1-2/h2-4H2,1H3;8H,1-2H2;2-3H2,1H3;3H,2H2,1H3;1H4;1-2H2. The van der Waals surface area contributed by atoms with E-state index in [0.29, 0.717) is 26.1 Å². The Bertz CT molecular complexity index is 403. The van der Waals surface area contributed by atoms with Crippen molar-refractivity contribution >= 4 is 23.6 Å². The second kappa shape index (κ2) is 23.0. The van der Waals surface area contributed by atoms with E-state index in [9.17, 15) is 19.2 Å². The molecule has 2 aliphatic heterocycles. The first-order chi connectivity index (χ1) is 12.8. The molecule has 0 atom stereocenters. The van der Waals surface area contributed by atoms with Crippen molar-refractivity contribution in [3.63, 3.8) is 0 Å². The lowest BCUT2D eigenvalue weighted by atomic mass is 10.4. The Kier molecular flexibility index (Phi) is 27.6. The maximum atomic E-state index is 10.8. The van der Waals surface area contributed by atoms with Crippen LogP contribution in [0.2, 0.25) is 0 Å². The Labute approximate surface area is 165 Å². The second-order valence-electron chi connectivity index (χ2n) is 4.37. The zero-order chi connectivity index (χ0) is 21.8. The Morgan fingerprint density at radius 3 is 1.32 bits per heavy atom. The lowest BCUT2D eigenvalue weighted by Crippen LogP contribution is -2.28. The third kappa shape index (κ3) is 16.2. The van der Waals surface area contributed by atoms with E-state index in [1.54, 1.807) is 13.8 Å². The molecule has 13 heteroatoms. The molecular formula is C15H35N5O8. The number of hydrazine groups is 1. The molecule has 8 N–H and O–H groups in total. The predicted octanol–water partition coefficient (Wildman–Crippen LogP) is -1.04. The Morgan fingerprint density at radius 2 is 1.14 bits per heavy atom. The monoisotopic (exact) mass is 413 g/mol. The number of aliphatic hydroxyl groups is 1. The molecule has 13 nitrogen and oxygen atoms in total. The molecule has 2 rings (SSSR count). The molecule has 0 bridgehead atoms. The van der Waals surface area contributed by atoms with Crippen molar-refractivity contribution < 1.29 is 39.2 Å². The molecule has 0 radical (unpaired) electrons. The van der Waals surface area contributed by atoms with E-state index < -0.39 is 11.8 Å². The molecular weight excluding hydrogens is 378 g/mol. The quantitative estimate of drug-likeness (QED) is 0.163. The van der Waals surface area contributed by atoms with Gasteiger partial charge in [0.25, 0.3) is 23.6 Å². The van der Waals surface area contributed by atoms with Gasteiger partial charge in [-0.15, -0.1) is 0 Å². The minimum atomic E-state index is -0.505. The molecule has 0 aromatic carbocycles. The molecule has 2 aliphatic rings. The number of hydrogen-bond donors (Lipinski definition) is 5. The van der Waals surface area contributed by atoms with Gasteiger partial charge >= 0.3 is 0 Å². The van der Waals surface area contributed by atoms with Crippen molar-refractivity contribution in [2.75, 3.05) is 19.8 Å². The highest BCUT2D eigenvalue weighted by atomic mass is 16.7. The summed E-state index contributed by atoms with van der Waals surface area (Å²) >= 11 is 0. The van der Waals surface area contributed by atoms with E-state index in [1.807, 2.05) is 6.92 Å². The molecule has 2 heterocycles. The van der Waals surface area contributed by atoms with Crippen molar-refractivity contribution in [2.45, 2.75) is 53.9 Å². The van der Waals surface area contributed by atoms with Crippen LogP contribution < -0.4 is 17.6 Å². The summed E-state index contributed by atoms with van der Waals surface area (Å²) in [7, 11) is 0. The van der Waals surface area contributed by atoms with Crippen LogP contribution in [0.5, 0.6) is 0 Å². The first kappa shape index (κ1) is 33.6. The van der Waals surface area contributed by atoms with Gasteiger partial charge in [-0.2, -0.15) is 10.1 Å². The number of aliphatic hydroxyl groups excluding tert-OH is 1. The average Bonchev–Trinajstić information content (AvgIpc) is 3.15. The zero-order valence-electron chi connectivity index (χ0n) is 15.9. The van der Waals surface area contributed by atoms with Crippen molar-refractivity contribution in [3.05, 3.63) is 0 Å². The van der Waals surface area contributed by atoms with Crippen LogP contribution in [0, 0.1) is 0 Å². The van der Waals surface area contributed by atoms with Crippen LogP contribution in [-0.2, 0) is 28.9 Å². The Balaban J connectivity index is -0.000000144. The van der Waals surface area contributed by atoms with E-state index >= 15 is 0 Å². The van der Waals surface area contributed by atoms with Crippen molar-refractivity contribution in [1.82, 2.24) is 10.1 Å². The summed E-state index contributed by atoms with van der Waals surface area (Å²) < 4.78 is 0. The van der Waals surface area contributed by atoms with E-state index in [-0.39, 0.29) is 43.8 Å². The number of imide groups is 2. The summed E-state index contributed by atoms with van der Waals surface area (Å²) in [5, 5.41) is 17.0. The van der Waals surface area contributed by atoms with E-state index in [1.165, 1.54) is 0 Å². The van der Waals surface area contributed by atoms with Crippen LogP contribution in [0.4, 0.5) is 0 Å². The SMILES string of the molecule is C.CCO.CCON.CCON1C(=O)CCC1=O.NN.O=C1CCC(=O)N1O. The van der Waals surface area contributed by atoms with Crippen molar-refractivity contribution in [2.24, 2.45) is 17.6 Å². The van der Waals surface area contributed by atoms with Crippen LogP contribution in [0.3, 0.4) is 0 Å². The third-order valence-electron chi connectivity index (χ3n) is 2.46. The highest BCUT2D eigenvalue weighted by Crippen LogP contribution is 2.11. The summed E-state index contributed by atoms with van der Waals surface area (Å²) in [6.45, 7) is 6.45. The fraction of sp³-hybridized carbons (Fsp3) is 0.733. The number of carbonyl (C=O) groups excluding carboxylic acids is 4. The van der Waals surface area contributed by atoms with Gasteiger partial charge in [-0.05, 0) is 20.8 Å². The van der Waals surface area contributed by atoms with Gasteiger partial charge in [-0.25, -0.2) is 5.90 Å². The fourth-order valence-electron chi connectivity index (χ4n) is 1.39. The smallest absolute Gasteiger partial charge is 0.253 e. The van der Waals surface area contributed by atoms with E-state index in [2.05, 4.69) is 22.4 Å². The fourth-order valence-corrected chi connectivity index (χ4v) is 1.39. The van der Waals surface area contributed by atoms with Gasteiger partial charge in [-0.3, -0.25) is 40.9 Å². The van der Waals surface area contributed by atoms with Crippen molar-refractivity contribution in [1.29, 1.82) is 0 Å². The molecule has 0 unspecified atom stereocenters. The second-order valence-corrected chi connectivity index (χ2v) is 4.37. The van der Waals surface area contributed by atoms with Gasteiger partial charge in [0.2, 0.25) is 0 Å². The predicted molar refractivity (Wildman–Crippen MR) is 99.3 cm³/mol. The van der Waals surface area contributed by atoms with Gasteiger partial charge < -0.3 is 9.94 Å². The number of hydroxylamine groups is 4. The van der Waals surface area contributed by atoms with E-state index in [4.69, 9.17) is 15.2 Å². The molecule has 4 amide bonds. The van der Waals surface area contributed by atoms with Crippen LogP contribution in [0.1, 0.15) is 53.9 Å². The van der Waals surface area contributed by atoms with Crippen LogP contribution >= 0.6 is 0 Å². The molecule has 28 heavy (non-hydrogen) atoms. The minimum Gasteiger partial charge on any atom is -0.397 e. The maximum Gasteiger partial charge on any atom is 0.253 e. The highest BCUT2D eigenvalue weighted by molar-refractivity contribution is 6.01. The molecule has 0 saturated carbocycles. The van der Waals surface area contributed by atoms with Crippen LogP contribution in [0.25, 0.3) is 0 Å². The number of rotatable bonds is 3. The summed E-state index contributed by atoms with van der Waals surface area (Å²) in [5.41, 5.74) is 0. The number of nitrogens with two attached hydrogens (primary N) is 3. The largest absolute Gasteiger partial charge is 0.397 e. The molecule has 168 valence electrons. The number of carbonyl (C=O) groups is 4. The maximum absolute atomic E-state index is 10.8. The van der Waals surface area contributed by atoms with Gasteiger partial charge in [0.15, 0.2) is 0 Å². The molecule has 0 spiro atoms. The number of amides is 4. The highest BCUT2D eigenvalue weighted by Gasteiger charge is 2.29. The van der Waals surface area contributed by atoms with Crippen LogP contribution in [0.15, 0.2) is 0 Å². The van der Waals surface area contributed by atoms with Gasteiger partial charge in [0.1, 0.15) is 0 Å². The molecule has 2 fully saturated rings. The lowest BCUT2D eigenvalue weighted by molar-refractivity contribution is -0.186. The number of nitrogens with zero attached hydrogens (tertiary/aromatic N) is 2. The van der Waals surface area contributed by atoms with Crippen LogP contribution in [-0.4, -0.2) is 63.9 Å². The Morgan fingerprint density at radius 1 is 0.857 bits per heavy atom. The third-order valence-corrected chi connectivity index (χ3v) is 2.46. The first-order valence-electron chi connectivity index (χ1n) is 8.09. The summed E-state index contributed by atoms with van der Waals surface area (Å²) in [5.74, 6) is 11.1. The number of hydrogen-bond acceptors (Lipinski definition) is 11. The Hall–Kier alpha value is -2.00. The minimum absolute atomic E-state index is 0. The van der Waals surface area contributed by atoms with Gasteiger partial charge in [0.05, 0.1) is 13.2 Å². The molecule has 0 aromatic heterocycles. The van der Waals surface area contributed by atoms with Gasteiger partial charge in [-0.1, -0.05) is 7.43 Å². The van der Waals surface area contributed by atoms with Gasteiger partial charge in [0, 0.05) is 32.3 Å². The molecule has 0 aliphatic carbocycles. The molecule has 0 aromatic rings. The molecule has 2 saturated heterocycles. The normalized spacial score (nSPS) is 14.4. The zero-order valence-corrected chi connectivity index (χ0v) is 15.9. The summed E-state index contributed by atoms with van der Waals surface area (Å²) in [6.07, 6.45) is 0.877. The topological polar surface area (TPSA) is 212 Å². The average molecular weight is 413 g/mol. The lowest BCUT2D eigenvalue weighted by Gasteiger charge is -2.10. The summed E-state index contributed by atoms with van der Waals surface area (Å²) in [4.78, 5) is 50.8. The van der Waals surface area contributed by atoms with Crippen molar-refractivity contribution in [3.8, 4) is 0 Å².